The van der Waals surface area contributed by atoms with Crippen LogP contribution in [0.3, 0.4) is 0 Å². The van der Waals surface area contributed by atoms with Gasteiger partial charge in [0.15, 0.2) is 23.3 Å². The quantitative estimate of drug-likeness (QED) is 0.0831. The second-order valence-corrected chi connectivity index (χ2v) is 16.7. The summed E-state index contributed by atoms with van der Waals surface area (Å²) in [5.74, 6) is -11.5. The van der Waals surface area contributed by atoms with Crippen molar-refractivity contribution in [2.75, 3.05) is 11.4 Å². The van der Waals surface area contributed by atoms with Crippen LogP contribution in [0, 0.1) is 36.0 Å². The first-order chi connectivity index (χ1) is 25.4. The van der Waals surface area contributed by atoms with E-state index in [-0.39, 0.29) is 40.6 Å². The SMILES string of the molecule is Cc1c(F)c(F)c(F)c(F)c1S(=O)(=O)N(CC(=O)N(Cc1cc(C2CC2)cc(C(C)(C)C)c1)c1cc(C(=O)O)ccc1OC1CC1)Cc1ccccc1F. The van der Waals surface area contributed by atoms with E-state index in [1.54, 1.807) is 0 Å². The third-order valence-corrected chi connectivity index (χ3v) is 11.5. The average Bonchev–Trinajstić information content (AvgIpc) is 4.05. The van der Waals surface area contributed by atoms with Crippen LogP contribution < -0.4 is 9.64 Å². The normalized spacial score (nSPS) is 14.7. The highest BCUT2D eigenvalue weighted by Crippen LogP contribution is 2.43. The van der Waals surface area contributed by atoms with Crippen LogP contribution >= 0.6 is 0 Å². The van der Waals surface area contributed by atoms with Gasteiger partial charge in [0.05, 0.1) is 30.4 Å². The summed E-state index contributed by atoms with van der Waals surface area (Å²) in [6, 6.07) is 14.8. The molecule has 4 aromatic rings. The Kier molecular flexibility index (Phi) is 10.6. The van der Waals surface area contributed by atoms with Gasteiger partial charge >= 0.3 is 5.97 Å². The molecule has 8 nitrogen and oxygen atoms in total. The smallest absolute Gasteiger partial charge is 0.335 e. The molecule has 4 aromatic carbocycles. The third-order valence-electron chi connectivity index (χ3n) is 9.55. The summed E-state index contributed by atoms with van der Waals surface area (Å²) in [6.07, 6.45) is 3.14. The molecule has 1 N–H and O–H groups in total. The second kappa shape index (κ2) is 14.8. The molecule has 2 aliphatic carbocycles. The van der Waals surface area contributed by atoms with E-state index >= 15 is 8.78 Å². The number of rotatable bonds is 13. The minimum Gasteiger partial charge on any atom is -0.488 e. The number of hydrogen-bond donors (Lipinski definition) is 1. The highest BCUT2D eigenvalue weighted by Gasteiger charge is 2.38. The standard InChI is InChI=1S/C40H39F5N2O6S/c1-22-34(42)35(43)36(44)37(45)38(22)54(51,52)46(20-26-7-5-6-8-30(26)41)21-33(48)47(31-18-25(39(49)50)11-14-32(31)53-29-12-13-29)19-23-15-27(24-9-10-24)17-28(16-23)40(2,3)4/h5-8,11,14-18,24,29H,9-10,12-13,19-21H2,1-4H3,(H,49,50). The molecule has 6 rings (SSSR count). The number of ether oxygens (including phenoxy) is 1. The Morgan fingerprint density at radius 1 is 0.852 bits per heavy atom. The molecule has 14 heteroatoms. The van der Waals surface area contributed by atoms with Gasteiger partial charge < -0.3 is 14.7 Å². The zero-order chi connectivity index (χ0) is 39.3. The van der Waals surface area contributed by atoms with E-state index in [2.05, 4.69) is 6.07 Å². The number of halogens is 5. The number of nitrogens with zero attached hydrogens (tertiary/aromatic N) is 2. The number of anilines is 1. The van der Waals surface area contributed by atoms with E-state index in [0.29, 0.717) is 28.6 Å². The molecule has 0 atom stereocenters. The number of carbonyl (C=O) groups excluding carboxylic acids is 1. The Bertz CT molecular complexity index is 2220. The van der Waals surface area contributed by atoms with E-state index in [1.807, 2.05) is 32.9 Å². The highest BCUT2D eigenvalue weighted by atomic mass is 32.2. The lowest BCUT2D eigenvalue weighted by molar-refractivity contribution is -0.119. The van der Waals surface area contributed by atoms with Crippen molar-refractivity contribution in [3.63, 3.8) is 0 Å². The van der Waals surface area contributed by atoms with Crippen molar-refractivity contribution in [3.05, 3.63) is 123 Å². The van der Waals surface area contributed by atoms with Gasteiger partial charge in [-0.05, 0) is 84.9 Å². The molecule has 2 saturated carbocycles. The van der Waals surface area contributed by atoms with Gasteiger partial charge in [0, 0.05) is 17.7 Å². The molecular weight excluding hydrogens is 732 g/mol. The molecule has 1 amide bonds. The molecule has 0 aliphatic heterocycles. The Labute approximate surface area is 310 Å². The van der Waals surface area contributed by atoms with Gasteiger partial charge in [-0.2, -0.15) is 4.31 Å². The molecule has 0 bridgehead atoms. The molecule has 2 fully saturated rings. The maximum absolute atomic E-state index is 15.3. The van der Waals surface area contributed by atoms with Crippen LogP contribution in [-0.4, -0.2) is 42.4 Å². The molecule has 0 aromatic heterocycles. The number of aromatic carboxylic acids is 1. The molecule has 0 spiro atoms. The topological polar surface area (TPSA) is 104 Å². The van der Waals surface area contributed by atoms with Crippen LogP contribution in [-0.2, 0) is 33.3 Å². The maximum Gasteiger partial charge on any atom is 0.335 e. The number of hydrogen-bond acceptors (Lipinski definition) is 5. The van der Waals surface area contributed by atoms with E-state index in [9.17, 15) is 36.3 Å². The van der Waals surface area contributed by atoms with Crippen molar-refractivity contribution in [1.82, 2.24) is 4.31 Å². The Morgan fingerprint density at radius 3 is 2.13 bits per heavy atom. The van der Waals surface area contributed by atoms with E-state index in [4.69, 9.17) is 4.74 Å². The van der Waals surface area contributed by atoms with Gasteiger partial charge in [-0.25, -0.2) is 35.2 Å². The van der Waals surface area contributed by atoms with Crippen LogP contribution in [0.4, 0.5) is 27.6 Å². The van der Waals surface area contributed by atoms with Crippen molar-refractivity contribution in [2.45, 2.75) is 88.8 Å². The van der Waals surface area contributed by atoms with Crippen LogP contribution in [0.25, 0.3) is 0 Å². The summed E-state index contributed by atoms with van der Waals surface area (Å²) in [6.45, 7) is 4.55. The molecule has 2 aliphatic rings. The molecule has 0 radical (unpaired) electrons. The number of benzene rings is 4. The lowest BCUT2D eigenvalue weighted by Crippen LogP contribution is -2.43. The maximum atomic E-state index is 15.3. The second-order valence-electron chi connectivity index (χ2n) is 14.8. The first kappa shape index (κ1) is 38.9. The number of carbonyl (C=O) groups is 2. The summed E-state index contributed by atoms with van der Waals surface area (Å²) in [5, 5.41) is 9.93. The lowest BCUT2D eigenvalue weighted by Gasteiger charge is -2.30. The Balaban J connectivity index is 1.51. The molecule has 0 saturated heterocycles. The van der Waals surface area contributed by atoms with E-state index in [1.165, 1.54) is 36.4 Å². The minimum absolute atomic E-state index is 0.00888. The number of carboxylic acid groups (broad SMARTS) is 1. The van der Waals surface area contributed by atoms with Crippen molar-refractivity contribution >= 4 is 27.6 Å². The van der Waals surface area contributed by atoms with Crippen molar-refractivity contribution in [2.24, 2.45) is 0 Å². The first-order valence-corrected chi connectivity index (χ1v) is 18.9. The summed E-state index contributed by atoms with van der Waals surface area (Å²) in [5.41, 5.74) is 0.735. The fourth-order valence-corrected chi connectivity index (χ4v) is 7.79. The predicted molar refractivity (Wildman–Crippen MR) is 190 cm³/mol. The highest BCUT2D eigenvalue weighted by molar-refractivity contribution is 7.89. The fraction of sp³-hybridized carbons (Fsp3) is 0.350. The van der Waals surface area contributed by atoms with Gasteiger partial charge in [-0.3, -0.25) is 4.79 Å². The third kappa shape index (κ3) is 8.14. The number of carboxylic acids is 1. The molecular formula is C40H39F5N2O6S. The molecule has 0 heterocycles. The van der Waals surface area contributed by atoms with Gasteiger partial charge in [0.1, 0.15) is 16.5 Å². The van der Waals surface area contributed by atoms with Crippen LogP contribution in [0.5, 0.6) is 5.75 Å². The van der Waals surface area contributed by atoms with E-state index in [0.717, 1.165) is 41.9 Å². The van der Waals surface area contributed by atoms with Gasteiger partial charge in [-0.15, -0.1) is 0 Å². The molecule has 0 unspecified atom stereocenters. The zero-order valence-electron chi connectivity index (χ0n) is 30.1. The molecule has 286 valence electrons. The van der Waals surface area contributed by atoms with Crippen molar-refractivity contribution < 1.29 is 49.8 Å². The van der Waals surface area contributed by atoms with E-state index < -0.39 is 74.5 Å². The van der Waals surface area contributed by atoms with Crippen molar-refractivity contribution in [3.8, 4) is 5.75 Å². The summed E-state index contributed by atoms with van der Waals surface area (Å²) in [7, 11) is -5.43. The monoisotopic (exact) mass is 770 g/mol. The van der Waals surface area contributed by atoms with Gasteiger partial charge in [-0.1, -0.05) is 57.2 Å². The fourth-order valence-electron chi connectivity index (χ4n) is 6.15. The van der Waals surface area contributed by atoms with Crippen LogP contribution in [0.15, 0.2) is 65.6 Å². The average molecular weight is 771 g/mol. The number of amides is 1. The van der Waals surface area contributed by atoms with Crippen LogP contribution in [0.2, 0.25) is 0 Å². The minimum atomic E-state index is -5.43. The first-order valence-electron chi connectivity index (χ1n) is 17.4. The summed E-state index contributed by atoms with van der Waals surface area (Å²) < 4.78 is 109. The summed E-state index contributed by atoms with van der Waals surface area (Å²) in [4.78, 5) is 26.5. The Morgan fingerprint density at radius 2 is 1.52 bits per heavy atom. The van der Waals surface area contributed by atoms with Crippen molar-refractivity contribution in [1.29, 1.82) is 0 Å². The lowest BCUT2D eigenvalue weighted by atomic mass is 9.84. The van der Waals surface area contributed by atoms with Crippen LogP contribution in [0.1, 0.15) is 90.5 Å². The predicted octanol–water partition coefficient (Wildman–Crippen LogP) is 8.53. The van der Waals surface area contributed by atoms with Gasteiger partial charge in [0.25, 0.3) is 0 Å². The molecule has 54 heavy (non-hydrogen) atoms. The summed E-state index contributed by atoms with van der Waals surface area (Å²) >= 11 is 0. The largest absolute Gasteiger partial charge is 0.488 e. The number of sulfonamides is 1. The zero-order valence-corrected chi connectivity index (χ0v) is 30.9. The Hall–Kier alpha value is -4.82. The van der Waals surface area contributed by atoms with Gasteiger partial charge in [0.2, 0.25) is 15.9 Å².